The van der Waals surface area contributed by atoms with E-state index in [4.69, 9.17) is 5.73 Å². The first-order valence-corrected chi connectivity index (χ1v) is 9.33. The fourth-order valence-electron chi connectivity index (χ4n) is 3.73. The van der Waals surface area contributed by atoms with Gasteiger partial charge in [-0.15, -0.1) is 24.8 Å². The van der Waals surface area contributed by atoms with Gasteiger partial charge in [0.15, 0.2) is 0 Å². The first kappa shape index (κ1) is 23.4. The molecular formula is C20H23Cl2N5O3. The highest BCUT2D eigenvalue weighted by molar-refractivity contribution is 6.08. The number of fused-ring (bicyclic) bond motifs is 2. The average Bonchev–Trinajstić information content (AvgIpc) is 2.70. The van der Waals surface area contributed by atoms with Gasteiger partial charge in [-0.3, -0.25) is 19.1 Å². The number of nitrogens with zero attached hydrogens (tertiary/aromatic N) is 3. The number of halogens is 2. The molecule has 0 fully saturated rings. The lowest BCUT2D eigenvalue weighted by Crippen LogP contribution is -2.36. The molecule has 0 saturated heterocycles. The smallest absolute Gasteiger partial charge is 0.329 e. The molecule has 2 aromatic heterocycles. The number of pyridine rings is 1. The van der Waals surface area contributed by atoms with Crippen LogP contribution in [0.2, 0.25) is 0 Å². The molecule has 10 heteroatoms. The van der Waals surface area contributed by atoms with E-state index in [1.54, 1.807) is 4.90 Å². The van der Waals surface area contributed by atoms with E-state index in [0.29, 0.717) is 24.3 Å². The lowest BCUT2D eigenvalue weighted by atomic mass is 9.99. The number of hydrogen-bond acceptors (Lipinski definition) is 5. The zero-order valence-electron chi connectivity index (χ0n) is 16.4. The Hall–Kier alpha value is -2.84. The summed E-state index contributed by atoms with van der Waals surface area (Å²) in [4.78, 5) is 45.8. The van der Waals surface area contributed by atoms with Crippen molar-refractivity contribution in [3.63, 3.8) is 0 Å². The minimum Gasteiger partial charge on any atom is -0.398 e. The van der Waals surface area contributed by atoms with Crippen molar-refractivity contribution < 1.29 is 4.79 Å². The van der Waals surface area contributed by atoms with Gasteiger partial charge in [0, 0.05) is 30.7 Å². The zero-order valence-corrected chi connectivity index (χ0v) is 18.0. The summed E-state index contributed by atoms with van der Waals surface area (Å²) in [7, 11) is 0. The minimum atomic E-state index is -0.544. The number of benzene rings is 1. The Morgan fingerprint density at radius 3 is 2.77 bits per heavy atom. The third kappa shape index (κ3) is 3.93. The third-order valence-electron chi connectivity index (χ3n) is 5.06. The van der Waals surface area contributed by atoms with Gasteiger partial charge < -0.3 is 10.6 Å². The van der Waals surface area contributed by atoms with Crippen LogP contribution in [0.4, 0.5) is 11.4 Å². The number of aromatic amines is 1. The van der Waals surface area contributed by atoms with E-state index in [-0.39, 0.29) is 41.8 Å². The first-order chi connectivity index (χ1) is 13.5. The summed E-state index contributed by atoms with van der Waals surface area (Å²) >= 11 is 0. The van der Waals surface area contributed by atoms with Gasteiger partial charge in [0.05, 0.1) is 10.9 Å². The van der Waals surface area contributed by atoms with Crippen LogP contribution in [0, 0.1) is 0 Å². The van der Waals surface area contributed by atoms with Gasteiger partial charge in [-0.25, -0.2) is 9.78 Å². The second kappa shape index (κ2) is 9.32. The molecule has 0 radical (unpaired) electrons. The molecule has 1 aliphatic rings. The number of nitrogens with one attached hydrogen (secondary N) is 1. The second-order valence-corrected chi connectivity index (χ2v) is 6.91. The topological polar surface area (TPSA) is 114 Å². The Morgan fingerprint density at radius 2 is 2.03 bits per heavy atom. The van der Waals surface area contributed by atoms with Gasteiger partial charge in [-0.2, -0.15) is 0 Å². The molecule has 1 aliphatic heterocycles. The van der Waals surface area contributed by atoms with Crippen LogP contribution in [0.1, 0.15) is 35.7 Å². The maximum atomic E-state index is 13.2. The molecule has 0 aliphatic carbocycles. The van der Waals surface area contributed by atoms with Crippen molar-refractivity contribution in [3.05, 3.63) is 62.4 Å². The van der Waals surface area contributed by atoms with E-state index < -0.39 is 11.2 Å². The number of anilines is 2. The van der Waals surface area contributed by atoms with Gasteiger partial charge in [0.1, 0.15) is 5.65 Å². The highest BCUT2D eigenvalue weighted by atomic mass is 35.5. The largest absolute Gasteiger partial charge is 0.398 e. The average molecular weight is 452 g/mol. The lowest BCUT2D eigenvalue weighted by molar-refractivity contribution is 0.0985. The van der Waals surface area contributed by atoms with E-state index in [1.165, 1.54) is 16.8 Å². The molecule has 0 saturated carbocycles. The predicted octanol–water partition coefficient (Wildman–Crippen LogP) is 2.51. The number of rotatable bonds is 3. The molecule has 3 aromatic rings. The Kier molecular flexibility index (Phi) is 7.28. The van der Waals surface area contributed by atoms with E-state index >= 15 is 0 Å². The number of hydrogen-bond donors (Lipinski definition) is 2. The zero-order chi connectivity index (χ0) is 19.8. The summed E-state index contributed by atoms with van der Waals surface area (Å²) in [6, 6.07) is 7.04. The first-order valence-electron chi connectivity index (χ1n) is 9.33. The summed E-state index contributed by atoms with van der Waals surface area (Å²) in [5.74, 6) is -0.242. The fourth-order valence-corrected chi connectivity index (χ4v) is 3.73. The van der Waals surface area contributed by atoms with Crippen molar-refractivity contribution in [2.75, 3.05) is 17.2 Å². The molecule has 0 bridgehead atoms. The van der Waals surface area contributed by atoms with Crippen LogP contribution in [0.3, 0.4) is 0 Å². The van der Waals surface area contributed by atoms with Crippen molar-refractivity contribution in [2.24, 2.45) is 0 Å². The minimum absolute atomic E-state index is 0. The quantitative estimate of drug-likeness (QED) is 0.593. The molecule has 3 heterocycles. The highest BCUT2D eigenvalue weighted by Gasteiger charge is 2.25. The molecule has 0 spiro atoms. The van der Waals surface area contributed by atoms with Gasteiger partial charge in [-0.1, -0.05) is 13.0 Å². The van der Waals surface area contributed by atoms with Crippen molar-refractivity contribution >= 4 is 53.1 Å². The summed E-state index contributed by atoms with van der Waals surface area (Å²) in [6.07, 6.45) is 3.78. The lowest BCUT2D eigenvalue weighted by Gasteiger charge is -2.30. The van der Waals surface area contributed by atoms with E-state index in [1.807, 2.05) is 25.1 Å². The Balaban J connectivity index is 0.00000160. The van der Waals surface area contributed by atoms with Crippen LogP contribution < -0.4 is 21.9 Å². The third-order valence-corrected chi connectivity index (χ3v) is 5.06. The van der Waals surface area contributed by atoms with Gasteiger partial charge in [-0.05, 0) is 43.0 Å². The second-order valence-electron chi connectivity index (χ2n) is 6.91. The number of nitrogens with two attached hydrogens (primary N) is 1. The number of aromatic nitrogens is 3. The highest BCUT2D eigenvalue weighted by Crippen LogP contribution is 2.32. The number of H-pyrrole nitrogens is 1. The Bertz CT molecular complexity index is 1210. The SMILES string of the molecule is CCCn1c(=O)[nH]c(=O)c2cc(C(=O)N3CCCc4c(N)cccc43)cnc21.Cl.Cl. The maximum Gasteiger partial charge on any atom is 0.329 e. The molecular weight excluding hydrogens is 429 g/mol. The standard InChI is InChI=1S/C20H21N5O3.2ClH/c1-2-8-25-17-14(18(26)23-20(25)28)10-12(11-22-17)19(27)24-9-4-5-13-15(21)6-3-7-16(13)24;;/h3,6-7,10-11H,2,4-5,8-9,21H2,1H3,(H,23,26,28);2*1H. The van der Waals surface area contributed by atoms with Gasteiger partial charge in [0.25, 0.3) is 11.5 Å². The Labute approximate surface area is 184 Å². The van der Waals surface area contributed by atoms with Crippen LogP contribution in [0.5, 0.6) is 0 Å². The maximum absolute atomic E-state index is 13.2. The van der Waals surface area contributed by atoms with E-state index in [9.17, 15) is 14.4 Å². The number of amides is 1. The molecule has 30 heavy (non-hydrogen) atoms. The fraction of sp³-hybridized carbons (Fsp3) is 0.300. The Morgan fingerprint density at radius 1 is 1.27 bits per heavy atom. The number of carbonyl (C=O) groups excluding carboxylic acids is 1. The number of aryl methyl sites for hydroxylation is 1. The van der Waals surface area contributed by atoms with Crippen molar-refractivity contribution in [2.45, 2.75) is 32.7 Å². The van der Waals surface area contributed by atoms with E-state index in [0.717, 1.165) is 30.5 Å². The van der Waals surface area contributed by atoms with Crippen molar-refractivity contribution in [1.82, 2.24) is 14.5 Å². The normalized spacial score (nSPS) is 12.6. The summed E-state index contributed by atoms with van der Waals surface area (Å²) in [5, 5.41) is 0.226. The monoisotopic (exact) mass is 451 g/mol. The van der Waals surface area contributed by atoms with Crippen LogP contribution in [-0.2, 0) is 13.0 Å². The van der Waals surface area contributed by atoms with Gasteiger partial charge >= 0.3 is 5.69 Å². The molecule has 0 atom stereocenters. The van der Waals surface area contributed by atoms with Crippen molar-refractivity contribution in [3.8, 4) is 0 Å². The molecule has 1 amide bonds. The molecule has 1 aromatic carbocycles. The van der Waals surface area contributed by atoms with Gasteiger partial charge in [0.2, 0.25) is 0 Å². The van der Waals surface area contributed by atoms with Crippen LogP contribution in [-0.4, -0.2) is 27.0 Å². The summed E-state index contributed by atoms with van der Waals surface area (Å²) in [5.41, 5.74) is 8.05. The molecule has 3 N–H and O–H groups in total. The molecule has 160 valence electrons. The van der Waals surface area contributed by atoms with Crippen molar-refractivity contribution in [1.29, 1.82) is 0 Å². The molecule has 0 unspecified atom stereocenters. The molecule has 8 nitrogen and oxygen atoms in total. The van der Waals surface area contributed by atoms with Crippen LogP contribution >= 0.6 is 24.8 Å². The van der Waals surface area contributed by atoms with Crippen LogP contribution in [0.25, 0.3) is 11.0 Å². The van der Waals surface area contributed by atoms with E-state index in [2.05, 4.69) is 9.97 Å². The summed E-state index contributed by atoms with van der Waals surface area (Å²) in [6.45, 7) is 2.94. The van der Waals surface area contributed by atoms with Crippen LogP contribution in [0.15, 0.2) is 40.1 Å². The predicted molar refractivity (Wildman–Crippen MR) is 122 cm³/mol. The molecule has 4 rings (SSSR count). The number of nitrogen functional groups attached to an aromatic ring is 1. The number of carbonyl (C=O) groups is 1. The summed E-state index contributed by atoms with van der Waals surface area (Å²) < 4.78 is 1.42.